The fourth-order valence-electron chi connectivity index (χ4n) is 3.48. The van der Waals surface area contributed by atoms with E-state index in [0.29, 0.717) is 16.7 Å². The number of nitrogens with zero attached hydrogens (tertiary/aromatic N) is 2. The van der Waals surface area contributed by atoms with Gasteiger partial charge in [0.1, 0.15) is 4.90 Å². The summed E-state index contributed by atoms with van der Waals surface area (Å²) in [6, 6.07) is 10.9. The van der Waals surface area contributed by atoms with Crippen LogP contribution < -0.4 is 9.21 Å². The highest BCUT2D eigenvalue weighted by Gasteiger charge is 2.37. The fourth-order valence-corrected chi connectivity index (χ4v) is 5.73. The molecule has 0 radical (unpaired) electrons. The summed E-state index contributed by atoms with van der Waals surface area (Å²) < 4.78 is 28.4. The molecule has 0 N–H and O–H groups in total. The highest BCUT2D eigenvalue weighted by molar-refractivity contribution is 9.10. The van der Waals surface area contributed by atoms with Gasteiger partial charge < -0.3 is 4.90 Å². The third-order valence-electron chi connectivity index (χ3n) is 5.23. The van der Waals surface area contributed by atoms with E-state index in [0.717, 1.165) is 36.1 Å². The Morgan fingerprint density at radius 2 is 1.96 bits per heavy atom. The molecule has 0 atom stereocenters. The standard InChI is InChI=1S/C20H21BrN2O3S/c1-13-4-3-5-16(10-13)22(2)27(25,26)19-12-18-15(11-17(19)21)8-9-23(18)20(24)14-6-7-14/h3-5,10-12,14H,6-9H2,1-2H3. The summed E-state index contributed by atoms with van der Waals surface area (Å²) in [5.74, 6) is 0.223. The second-order valence-corrected chi connectivity index (χ2v) is 10.0. The molecule has 142 valence electrons. The van der Waals surface area contributed by atoms with Gasteiger partial charge in [-0.2, -0.15) is 0 Å². The normalized spacial score (nSPS) is 16.3. The van der Waals surface area contributed by atoms with Gasteiger partial charge in [-0.3, -0.25) is 9.10 Å². The van der Waals surface area contributed by atoms with Gasteiger partial charge in [-0.15, -0.1) is 0 Å². The van der Waals surface area contributed by atoms with Crippen LogP contribution in [0.25, 0.3) is 0 Å². The van der Waals surface area contributed by atoms with E-state index in [9.17, 15) is 13.2 Å². The molecule has 0 spiro atoms. The Morgan fingerprint density at radius 1 is 1.22 bits per heavy atom. The van der Waals surface area contributed by atoms with Crippen molar-refractivity contribution in [1.29, 1.82) is 0 Å². The lowest BCUT2D eigenvalue weighted by molar-refractivity contribution is -0.119. The van der Waals surface area contributed by atoms with Gasteiger partial charge in [-0.05, 0) is 77.5 Å². The van der Waals surface area contributed by atoms with E-state index in [1.165, 1.54) is 4.31 Å². The van der Waals surface area contributed by atoms with Crippen molar-refractivity contribution in [3.63, 3.8) is 0 Å². The summed E-state index contributed by atoms with van der Waals surface area (Å²) in [6.45, 7) is 2.55. The number of amides is 1. The van der Waals surface area contributed by atoms with Crippen molar-refractivity contribution in [2.45, 2.75) is 31.1 Å². The van der Waals surface area contributed by atoms with Crippen molar-refractivity contribution >= 4 is 43.2 Å². The zero-order valence-electron chi connectivity index (χ0n) is 15.3. The lowest BCUT2D eigenvalue weighted by Crippen LogP contribution is -2.31. The van der Waals surface area contributed by atoms with E-state index >= 15 is 0 Å². The first-order chi connectivity index (χ1) is 12.8. The predicted octanol–water partition coefficient (Wildman–Crippen LogP) is 3.88. The molecule has 2 aromatic carbocycles. The van der Waals surface area contributed by atoms with Gasteiger partial charge in [0.15, 0.2) is 0 Å². The minimum absolute atomic E-state index is 0.106. The number of benzene rings is 2. The van der Waals surface area contributed by atoms with Crippen molar-refractivity contribution in [3.8, 4) is 0 Å². The Hall–Kier alpha value is -1.86. The van der Waals surface area contributed by atoms with E-state index in [1.807, 2.05) is 31.2 Å². The first-order valence-electron chi connectivity index (χ1n) is 8.98. The average Bonchev–Trinajstić information content (AvgIpc) is 3.40. The minimum Gasteiger partial charge on any atom is -0.312 e. The monoisotopic (exact) mass is 448 g/mol. The SMILES string of the molecule is Cc1cccc(N(C)S(=O)(=O)c2cc3c(cc2Br)CCN3C(=O)C2CC2)c1. The lowest BCUT2D eigenvalue weighted by atomic mass is 10.2. The minimum atomic E-state index is -3.77. The van der Waals surface area contributed by atoms with Crippen LogP contribution in [0, 0.1) is 12.8 Å². The molecule has 7 heteroatoms. The molecule has 2 aliphatic rings. The van der Waals surface area contributed by atoms with E-state index < -0.39 is 10.0 Å². The van der Waals surface area contributed by atoms with Crippen molar-refractivity contribution in [2.75, 3.05) is 22.8 Å². The molecule has 0 saturated heterocycles. The van der Waals surface area contributed by atoms with Crippen LogP contribution >= 0.6 is 15.9 Å². The van der Waals surface area contributed by atoms with Crippen molar-refractivity contribution in [3.05, 3.63) is 52.0 Å². The van der Waals surface area contributed by atoms with Crippen LogP contribution in [-0.2, 0) is 21.2 Å². The molecular formula is C20H21BrN2O3S. The van der Waals surface area contributed by atoms with Crippen molar-refractivity contribution in [2.24, 2.45) is 5.92 Å². The van der Waals surface area contributed by atoms with Crippen molar-refractivity contribution < 1.29 is 13.2 Å². The van der Waals surface area contributed by atoms with Crippen LogP contribution in [0.3, 0.4) is 0 Å². The molecule has 1 saturated carbocycles. The summed E-state index contributed by atoms with van der Waals surface area (Å²) in [6.07, 6.45) is 2.62. The molecule has 1 fully saturated rings. The Labute approximate surface area is 168 Å². The molecule has 1 amide bonds. The molecular weight excluding hydrogens is 428 g/mol. The average molecular weight is 449 g/mol. The molecule has 1 aliphatic carbocycles. The van der Waals surface area contributed by atoms with E-state index in [4.69, 9.17) is 0 Å². The van der Waals surface area contributed by atoms with Crippen LogP contribution in [0.5, 0.6) is 0 Å². The van der Waals surface area contributed by atoms with E-state index in [-0.39, 0.29) is 16.7 Å². The van der Waals surface area contributed by atoms with Gasteiger partial charge in [0, 0.05) is 29.7 Å². The quantitative estimate of drug-likeness (QED) is 0.712. The number of halogens is 1. The molecule has 5 nitrogen and oxygen atoms in total. The fraction of sp³-hybridized carbons (Fsp3) is 0.350. The molecule has 0 bridgehead atoms. The van der Waals surface area contributed by atoms with Crippen LogP contribution in [0.1, 0.15) is 24.0 Å². The lowest BCUT2D eigenvalue weighted by Gasteiger charge is -2.23. The first-order valence-corrected chi connectivity index (χ1v) is 11.2. The first kappa shape index (κ1) is 18.5. The number of hydrogen-bond acceptors (Lipinski definition) is 3. The topological polar surface area (TPSA) is 57.7 Å². The van der Waals surface area contributed by atoms with E-state index in [2.05, 4.69) is 15.9 Å². The van der Waals surface area contributed by atoms with Crippen molar-refractivity contribution in [1.82, 2.24) is 0 Å². The highest BCUT2D eigenvalue weighted by atomic mass is 79.9. The number of fused-ring (bicyclic) bond motifs is 1. The Balaban J connectivity index is 1.75. The number of carbonyl (C=O) groups is 1. The highest BCUT2D eigenvalue weighted by Crippen LogP contribution is 2.40. The number of hydrogen-bond donors (Lipinski definition) is 0. The van der Waals surface area contributed by atoms with Gasteiger partial charge in [-0.1, -0.05) is 12.1 Å². The van der Waals surface area contributed by atoms with Gasteiger partial charge in [0.2, 0.25) is 5.91 Å². The van der Waals surface area contributed by atoms with Crippen LogP contribution in [-0.4, -0.2) is 27.9 Å². The van der Waals surface area contributed by atoms with Gasteiger partial charge in [0.05, 0.1) is 5.69 Å². The number of aryl methyl sites for hydroxylation is 1. The Morgan fingerprint density at radius 3 is 2.63 bits per heavy atom. The second kappa shape index (κ2) is 6.63. The number of anilines is 2. The molecule has 0 unspecified atom stereocenters. The molecule has 0 aromatic heterocycles. The summed E-state index contributed by atoms with van der Waals surface area (Å²) >= 11 is 3.43. The smallest absolute Gasteiger partial charge is 0.265 e. The van der Waals surface area contributed by atoms with Crippen LogP contribution in [0.2, 0.25) is 0 Å². The molecule has 1 aliphatic heterocycles. The molecule has 2 aromatic rings. The molecule has 27 heavy (non-hydrogen) atoms. The van der Waals surface area contributed by atoms with Gasteiger partial charge in [0.25, 0.3) is 10.0 Å². The largest absolute Gasteiger partial charge is 0.312 e. The van der Waals surface area contributed by atoms with Crippen LogP contribution in [0.4, 0.5) is 11.4 Å². The van der Waals surface area contributed by atoms with Gasteiger partial charge >= 0.3 is 0 Å². The number of carbonyl (C=O) groups excluding carboxylic acids is 1. The summed E-state index contributed by atoms with van der Waals surface area (Å²) in [7, 11) is -2.21. The van der Waals surface area contributed by atoms with E-state index in [1.54, 1.807) is 24.1 Å². The van der Waals surface area contributed by atoms with Crippen LogP contribution in [0.15, 0.2) is 45.8 Å². The zero-order chi connectivity index (χ0) is 19.3. The van der Waals surface area contributed by atoms with Gasteiger partial charge in [-0.25, -0.2) is 8.42 Å². The summed E-state index contributed by atoms with van der Waals surface area (Å²) in [5, 5.41) is 0. The maximum atomic E-state index is 13.3. The molecule has 4 rings (SSSR count). The Kier molecular flexibility index (Phi) is 4.55. The summed E-state index contributed by atoms with van der Waals surface area (Å²) in [5.41, 5.74) is 3.33. The third-order valence-corrected chi connectivity index (χ3v) is 7.97. The number of rotatable bonds is 4. The Bertz CT molecular complexity index is 1030. The zero-order valence-corrected chi connectivity index (χ0v) is 17.7. The third kappa shape index (κ3) is 3.27. The maximum Gasteiger partial charge on any atom is 0.265 e. The maximum absolute atomic E-state index is 13.3. The molecule has 1 heterocycles. The number of sulfonamides is 1. The second-order valence-electron chi connectivity index (χ2n) is 7.24. The summed E-state index contributed by atoms with van der Waals surface area (Å²) in [4.78, 5) is 14.5. The predicted molar refractivity (Wildman–Crippen MR) is 110 cm³/mol.